The zero-order valence-corrected chi connectivity index (χ0v) is 17.1. The van der Waals surface area contributed by atoms with Crippen LogP contribution in [0.2, 0.25) is 0 Å². The van der Waals surface area contributed by atoms with Crippen LogP contribution in [-0.4, -0.2) is 25.1 Å². The highest BCUT2D eigenvalue weighted by Crippen LogP contribution is 2.25. The third-order valence-corrected chi connectivity index (χ3v) is 4.61. The fraction of sp³-hybridized carbons (Fsp3) is 0.421. The summed E-state index contributed by atoms with van der Waals surface area (Å²) in [6.45, 7) is 4.87. The molecule has 2 aromatic rings. The fourth-order valence-corrected chi connectivity index (χ4v) is 3.41. The Hall–Kier alpha value is -1.27. The fourth-order valence-electron chi connectivity index (χ4n) is 2.48. The summed E-state index contributed by atoms with van der Waals surface area (Å²) in [4.78, 5) is 13.0. The van der Waals surface area contributed by atoms with Crippen molar-refractivity contribution in [1.82, 2.24) is 4.57 Å². The van der Waals surface area contributed by atoms with Gasteiger partial charge in [0.15, 0.2) is 7.12 Å². The molecule has 134 valence electrons. The Morgan fingerprint density at radius 1 is 1.20 bits per heavy atom. The molecule has 0 saturated heterocycles. The average Bonchev–Trinajstić information content (AvgIpc) is 3.12. The minimum atomic E-state index is 0.136. The Kier molecular flexibility index (Phi) is 10.6. The van der Waals surface area contributed by atoms with Crippen molar-refractivity contribution in [1.29, 1.82) is 0 Å². The van der Waals surface area contributed by atoms with Gasteiger partial charge in [-0.3, -0.25) is 4.79 Å². The van der Waals surface area contributed by atoms with Gasteiger partial charge in [0.25, 0.3) is 5.56 Å². The van der Waals surface area contributed by atoms with Gasteiger partial charge in [-0.25, -0.2) is 11.6 Å². The van der Waals surface area contributed by atoms with Crippen molar-refractivity contribution in [3.05, 3.63) is 58.0 Å². The van der Waals surface area contributed by atoms with Crippen LogP contribution in [0.5, 0.6) is 5.75 Å². The molecule has 0 aliphatic carbocycles. The van der Waals surface area contributed by atoms with Crippen LogP contribution in [0.25, 0.3) is 0 Å². The third kappa shape index (κ3) is 6.86. The van der Waals surface area contributed by atoms with E-state index in [2.05, 4.69) is 18.2 Å². The maximum absolute atomic E-state index is 12.0. The molecule has 0 bridgehead atoms. The van der Waals surface area contributed by atoms with E-state index in [1.807, 2.05) is 36.8 Å². The summed E-state index contributed by atoms with van der Waals surface area (Å²) in [5.74, 6) is 1.74. The van der Waals surface area contributed by atoms with Crippen molar-refractivity contribution in [3.8, 4) is 5.75 Å². The van der Waals surface area contributed by atoms with E-state index in [0.29, 0.717) is 0 Å². The second-order valence-corrected chi connectivity index (χ2v) is 6.67. The van der Waals surface area contributed by atoms with Gasteiger partial charge in [0, 0.05) is 29.0 Å². The van der Waals surface area contributed by atoms with Crippen LogP contribution >= 0.6 is 23.4 Å². The van der Waals surface area contributed by atoms with Crippen LogP contribution in [0.1, 0.15) is 31.5 Å². The number of benzene rings is 1. The SMILES string of the molecule is CC.COc1ccc(CSc2cc3n(c(=O)c2)CCC3)cc1.[B]SC. The molecule has 2 radical (unpaired) electrons. The predicted octanol–water partition coefficient (Wildman–Crippen LogP) is 4.55. The number of pyridine rings is 1. The molecule has 0 saturated carbocycles. The zero-order chi connectivity index (χ0) is 18.7. The van der Waals surface area contributed by atoms with E-state index < -0.39 is 0 Å². The molecule has 6 heteroatoms. The van der Waals surface area contributed by atoms with Gasteiger partial charge in [0.2, 0.25) is 0 Å². The highest BCUT2D eigenvalue weighted by molar-refractivity contribution is 8.19. The molecule has 1 aliphatic heterocycles. The molecule has 0 fully saturated rings. The molecule has 0 unspecified atom stereocenters. The molecule has 3 rings (SSSR count). The van der Waals surface area contributed by atoms with Crippen molar-refractivity contribution in [2.75, 3.05) is 13.4 Å². The van der Waals surface area contributed by atoms with Crippen molar-refractivity contribution >= 4 is 30.5 Å². The average molecular weight is 375 g/mol. The Morgan fingerprint density at radius 2 is 1.84 bits per heavy atom. The maximum Gasteiger partial charge on any atom is 0.251 e. The van der Waals surface area contributed by atoms with E-state index in [9.17, 15) is 4.79 Å². The topological polar surface area (TPSA) is 31.2 Å². The summed E-state index contributed by atoms with van der Waals surface area (Å²) in [5, 5.41) is 0. The predicted molar refractivity (Wildman–Crippen MR) is 112 cm³/mol. The highest BCUT2D eigenvalue weighted by atomic mass is 32.2. The quantitative estimate of drug-likeness (QED) is 0.579. The highest BCUT2D eigenvalue weighted by Gasteiger charge is 2.12. The number of hydrogen-bond donors (Lipinski definition) is 0. The first-order chi connectivity index (χ1) is 12.2. The number of fused-ring (bicyclic) bond motifs is 1. The van der Waals surface area contributed by atoms with Crippen LogP contribution < -0.4 is 10.3 Å². The number of thioether (sulfide) groups is 1. The largest absolute Gasteiger partial charge is 0.497 e. The van der Waals surface area contributed by atoms with Gasteiger partial charge in [-0.15, -0.1) is 11.8 Å². The van der Waals surface area contributed by atoms with Gasteiger partial charge in [-0.1, -0.05) is 26.0 Å². The van der Waals surface area contributed by atoms with Crippen LogP contribution in [0.3, 0.4) is 0 Å². The Morgan fingerprint density at radius 3 is 2.44 bits per heavy atom. The first-order valence-corrected chi connectivity index (χ1v) is 10.7. The molecule has 1 aromatic heterocycles. The lowest BCUT2D eigenvalue weighted by Crippen LogP contribution is -2.18. The van der Waals surface area contributed by atoms with Crippen LogP contribution in [0, 0.1) is 0 Å². The number of nitrogens with zero attached hydrogens (tertiary/aromatic N) is 1. The van der Waals surface area contributed by atoms with Gasteiger partial charge in [-0.2, -0.15) is 0 Å². The van der Waals surface area contributed by atoms with Crippen LogP contribution in [0.15, 0.2) is 46.1 Å². The van der Waals surface area contributed by atoms with E-state index in [4.69, 9.17) is 11.9 Å². The minimum Gasteiger partial charge on any atom is -0.497 e. The normalized spacial score (nSPS) is 11.5. The molecule has 1 aliphatic rings. The molecule has 0 atom stereocenters. The van der Waals surface area contributed by atoms with Crippen molar-refractivity contribution in [2.45, 2.75) is 43.9 Å². The number of ether oxygens (including phenoxy) is 1. The first-order valence-electron chi connectivity index (χ1n) is 8.40. The van der Waals surface area contributed by atoms with E-state index in [-0.39, 0.29) is 5.56 Å². The number of hydrogen-bond acceptors (Lipinski definition) is 4. The van der Waals surface area contributed by atoms with Crippen molar-refractivity contribution in [3.63, 3.8) is 0 Å². The molecule has 0 spiro atoms. The second-order valence-electron chi connectivity index (χ2n) is 5.15. The Labute approximate surface area is 160 Å². The van der Waals surface area contributed by atoms with Gasteiger partial charge in [0.05, 0.1) is 7.11 Å². The summed E-state index contributed by atoms with van der Waals surface area (Å²) in [6, 6.07) is 12.0. The summed E-state index contributed by atoms with van der Waals surface area (Å²) in [5.41, 5.74) is 2.54. The van der Waals surface area contributed by atoms with E-state index >= 15 is 0 Å². The summed E-state index contributed by atoms with van der Waals surface area (Å²) in [6.07, 6.45) is 3.92. The second kappa shape index (κ2) is 12.1. The molecule has 0 N–H and O–H groups in total. The van der Waals surface area contributed by atoms with Gasteiger partial charge in [0.1, 0.15) is 5.75 Å². The summed E-state index contributed by atoms with van der Waals surface area (Å²) >= 11 is 2.96. The summed E-state index contributed by atoms with van der Waals surface area (Å²) in [7, 11) is 6.43. The summed E-state index contributed by atoms with van der Waals surface area (Å²) < 4.78 is 7.03. The van der Waals surface area contributed by atoms with Gasteiger partial charge < -0.3 is 9.30 Å². The molecule has 3 nitrogen and oxygen atoms in total. The first kappa shape index (κ1) is 21.8. The number of methoxy groups -OCH3 is 1. The van der Waals surface area contributed by atoms with E-state index in [1.54, 1.807) is 24.9 Å². The standard InChI is InChI=1S/C16H17NO2S.C2H6.CH3BS/c1-19-14-6-4-12(5-7-14)11-20-15-9-13-3-2-8-17(13)16(18)10-15;1-2;1-3-2/h4-7,9-10H,2-3,8,11H2,1H3;1-2H3;1H3. The third-order valence-electron chi connectivity index (χ3n) is 3.57. The van der Waals surface area contributed by atoms with E-state index in [0.717, 1.165) is 35.8 Å². The Bertz CT molecular complexity index is 687. The van der Waals surface area contributed by atoms with E-state index in [1.165, 1.54) is 22.9 Å². The number of rotatable bonds is 4. The smallest absolute Gasteiger partial charge is 0.251 e. The van der Waals surface area contributed by atoms with Crippen molar-refractivity contribution in [2.24, 2.45) is 0 Å². The minimum absolute atomic E-state index is 0.136. The molecule has 1 aromatic carbocycles. The molecule has 25 heavy (non-hydrogen) atoms. The van der Waals surface area contributed by atoms with Gasteiger partial charge >= 0.3 is 0 Å². The lowest BCUT2D eigenvalue weighted by molar-refractivity contribution is 0.414. The number of aryl methyl sites for hydroxylation is 1. The molecular formula is C19H26BNO2S2. The Balaban J connectivity index is 0.000000567. The van der Waals surface area contributed by atoms with Crippen LogP contribution in [-0.2, 0) is 18.7 Å². The number of aromatic nitrogens is 1. The molecule has 2 heterocycles. The van der Waals surface area contributed by atoms with Crippen LogP contribution in [0.4, 0.5) is 0 Å². The van der Waals surface area contributed by atoms with Gasteiger partial charge in [-0.05, 0) is 42.9 Å². The monoisotopic (exact) mass is 375 g/mol. The lowest BCUT2D eigenvalue weighted by Gasteiger charge is -2.07. The maximum atomic E-state index is 12.0. The molecule has 0 amide bonds. The zero-order valence-electron chi connectivity index (χ0n) is 15.5. The molecular weight excluding hydrogens is 349 g/mol. The lowest BCUT2D eigenvalue weighted by atomic mass is 10.2. The van der Waals surface area contributed by atoms with Crippen molar-refractivity contribution < 1.29 is 4.74 Å².